The van der Waals surface area contributed by atoms with Crippen molar-refractivity contribution in [2.45, 2.75) is 0 Å². The van der Waals surface area contributed by atoms with E-state index in [0.717, 1.165) is 0 Å². The minimum Gasteiger partial charge on any atom is -0.495 e. The lowest BCUT2D eigenvalue weighted by atomic mass is 10.1. The van der Waals surface area contributed by atoms with Gasteiger partial charge >= 0.3 is 5.97 Å². The molecule has 2 aromatic rings. The Morgan fingerprint density at radius 2 is 2.10 bits per heavy atom. The van der Waals surface area contributed by atoms with Crippen LogP contribution in [0, 0.1) is 0 Å². The summed E-state index contributed by atoms with van der Waals surface area (Å²) >= 11 is 7.04. The van der Waals surface area contributed by atoms with Gasteiger partial charge in [-0.1, -0.05) is 17.7 Å². The summed E-state index contributed by atoms with van der Waals surface area (Å²) in [7, 11) is 1.46. The Hall–Kier alpha value is -2.05. The molecule has 7 heteroatoms. The van der Waals surface area contributed by atoms with Gasteiger partial charge in [-0.3, -0.25) is 4.79 Å². The number of rotatable bonds is 4. The van der Waals surface area contributed by atoms with Gasteiger partial charge in [-0.15, -0.1) is 11.3 Å². The van der Waals surface area contributed by atoms with Gasteiger partial charge < -0.3 is 15.2 Å². The van der Waals surface area contributed by atoms with Gasteiger partial charge in [-0.25, -0.2) is 4.79 Å². The molecule has 0 saturated heterocycles. The largest absolute Gasteiger partial charge is 0.495 e. The number of methoxy groups -OCH3 is 1. The Bertz CT molecular complexity index is 668. The summed E-state index contributed by atoms with van der Waals surface area (Å²) in [4.78, 5) is 23.7. The van der Waals surface area contributed by atoms with Gasteiger partial charge in [0, 0.05) is 0 Å². The second-order valence-corrected chi connectivity index (χ2v) is 5.06. The third-order valence-electron chi connectivity index (χ3n) is 2.53. The molecule has 1 aromatic heterocycles. The summed E-state index contributed by atoms with van der Waals surface area (Å²) in [6.07, 6.45) is 0. The number of ether oxygens (including phenoxy) is 1. The van der Waals surface area contributed by atoms with Gasteiger partial charge in [0.15, 0.2) is 0 Å². The monoisotopic (exact) mass is 311 g/mol. The van der Waals surface area contributed by atoms with Crippen molar-refractivity contribution in [1.29, 1.82) is 0 Å². The van der Waals surface area contributed by atoms with Crippen LogP contribution in [0.2, 0.25) is 5.02 Å². The van der Waals surface area contributed by atoms with Crippen molar-refractivity contribution in [1.82, 2.24) is 0 Å². The smallest absolute Gasteiger partial charge is 0.339 e. The number of hydrogen-bond donors (Lipinski definition) is 2. The fourth-order valence-electron chi connectivity index (χ4n) is 1.65. The van der Waals surface area contributed by atoms with E-state index in [2.05, 4.69) is 5.32 Å². The third kappa shape index (κ3) is 2.76. The van der Waals surface area contributed by atoms with Crippen LogP contribution in [0.15, 0.2) is 29.6 Å². The SMILES string of the molecule is COc1ccsc1C(=O)Nc1cccc(Cl)c1C(=O)O. The van der Waals surface area contributed by atoms with E-state index >= 15 is 0 Å². The summed E-state index contributed by atoms with van der Waals surface area (Å²) < 4.78 is 5.05. The van der Waals surface area contributed by atoms with Crippen LogP contribution in [0.1, 0.15) is 20.0 Å². The number of amides is 1. The minimum absolute atomic E-state index is 0.0634. The molecule has 0 spiro atoms. The second kappa shape index (κ2) is 5.94. The molecule has 0 aliphatic carbocycles. The predicted molar refractivity (Wildman–Crippen MR) is 77.2 cm³/mol. The number of carbonyl (C=O) groups excluding carboxylic acids is 1. The lowest BCUT2D eigenvalue weighted by Gasteiger charge is -2.09. The van der Waals surface area contributed by atoms with Crippen molar-refractivity contribution in [2.75, 3.05) is 12.4 Å². The number of carboxylic acid groups (broad SMARTS) is 1. The van der Waals surface area contributed by atoms with Crippen LogP contribution in [-0.4, -0.2) is 24.1 Å². The molecule has 1 heterocycles. The summed E-state index contributed by atoms with van der Waals surface area (Å²) in [5, 5.41) is 13.4. The minimum atomic E-state index is -1.20. The first-order valence-electron chi connectivity index (χ1n) is 5.49. The number of aromatic carboxylic acids is 1. The van der Waals surface area contributed by atoms with Crippen molar-refractivity contribution >= 4 is 40.5 Å². The number of carboxylic acids is 1. The van der Waals surface area contributed by atoms with Crippen LogP contribution in [0.5, 0.6) is 5.75 Å². The molecule has 20 heavy (non-hydrogen) atoms. The van der Waals surface area contributed by atoms with Crippen LogP contribution in [0.4, 0.5) is 5.69 Å². The highest BCUT2D eigenvalue weighted by molar-refractivity contribution is 7.12. The Kier molecular flexibility index (Phi) is 4.26. The molecule has 5 nitrogen and oxygen atoms in total. The molecule has 0 saturated carbocycles. The number of hydrogen-bond acceptors (Lipinski definition) is 4. The lowest BCUT2D eigenvalue weighted by Crippen LogP contribution is -2.14. The third-order valence-corrected chi connectivity index (χ3v) is 3.74. The highest BCUT2D eigenvalue weighted by atomic mass is 35.5. The first-order chi connectivity index (χ1) is 9.54. The summed E-state index contributed by atoms with van der Waals surface area (Å²) in [5.74, 6) is -1.21. The summed E-state index contributed by atoms with van der Waals surface area (Å²) in [6.45, 7) is 0. The molecule has 0 radical (unpaired) electrons. The van der Waals surface area contributed by atoms with Gasteiger partial charge in [0.05, 0.1) is 17.8 Å². The standard InChI is InChI=1S/C13H10ClNO4S/c1-19-9-5-6-20-11(9)12(16)15-8-4-2-3-7(14)10(8)13(17)18/h2-6H,1H3,(H,15,16)(H,17,18). The van der Waals surface area contributed by atoms with Crippen molar-refractivity contribution in [3.05, 3.63) is 45.1 Å². The molecule has 0 unspecified atom stereocenters. The van der Waals surface area contributed by atoms with Crippen molar-refractivity contribution in [3.63, 3.8) is 0 Å². The number of benzene rings is 1. The zero-order chi connectivity index (χ0) is 14.7. The van der Waals surface area contributed by atoms with Crippen molar-refractivity contribution in [3.8, 4) is 5.75 Å². The molecule has 0 aliphatic rings. The molecule has 1 aromatic carbocycles. The molecule has 0 bridgehead atoms. The Balaban J connectivity index is 2.33. The Labute approximate surface area is 123 Å². The zero-order valence-corrected chi connectivity index (χ0v) is 11.9. The quantitative estimate of drug-likeness (QED) is 0.907. The number of anilines is 1. The van der Waals surface area contributed by atoms with E-state index in [1.807, 2.05) is 0 Å². The number of halogens is 1. The van der Waals surface area contributed by atoms with Gasteiger partial charge in [-0.05, 0) is 23.6 Å². The topological polar surface area (TPSA) is 75.6 Å². The molecule has 0 aliphatic heterocycles. The highest BCUT2D eigenvalue weighted by Gasteiger charge is 2.19. The number of nitrogens with one attached hydrogen (secondary N) is 1. The van der Waals surface area contributed by atoms with Crippen LogP contribution in [-0.2, 0) is 0 Å². The van der Waals surface area contributed by atoms with Gasteiger partial charge in [0.2, 0.25) is 0 Å². The second-order valence-electron chi connectivity index (χ2n) is 3.74. The van der Waals surface area contributed by atoms with Gasteiger partial charge in [-0.2, -0.15) is 0 Å². The normalized spacial score (nSPS) is 10.1. The Morgan fingerprint density at radius 3 is 2.75 bits per heavy atom. The number of thiophene rings is 1. The number of carbonyl (C=O) groups is 2. The molecule has 2 rings (SSSR count). The lowest BCUT2D eigenvalue weighted by molar-refractivity contribution is 0.0698. The van der Waals surface area contributed by atoms with Crippen LogP contribution < -0.4 is 10.1 Å². The van der Waals surface area contributed by atoms with Crippen LogP contribution in [0.25, 0.3) is 0 Å². The fraction of sp³-hybridized carbons (Fsp3) is 0.0769. The van der Waals surface area contributed by atoms with E-state index in [1.165, 1.54) is 30.6 Å². The molecular weight excluding hydrogens is 302 g/mol. The van der Waals surface area contributed by atoms with Crippen LogP contribution >= 0.6 is 22.9 Å². The average molecular weight is 312 g/mol. The molecule has 2 N–H and O–H groups in total. The van der Waals surface area contributed by atoms with E-state index in [4.69, 9.17) is 21.4 Å². The highest BCUT2D eigenvalue weighted by Crippen LogP contribution is 2.28. The molecule has 0 fully saturated rings. The zero-order valence-electron chi connectivity index (χ0n) is 10.3. The van der Waals surface area contributed by atoms with E-state index in [-0.39, 0.29) is 16.3 Å². The molecule has 104 valence electrons. The van der Waals surface area contributed by atoms with E-state index in [9.17, 15) is 9.59 Å². The summed E-state index contributed by atoms with van der Waals surface area (Å²) in [6, 6.07) is 6.16. The maximum atomic E-state index is 12.1. The maximum Gasteiger partial charge on any atom is 0.339 e. The van der Waals surface area contributed by atoms with E-state index in [0.29, 0.717) is 10.6 Å². The van der Waals surface area contributed by atoms with Crippen LogP contribution in [0.3, 0.4) is 0 Å². The van der Waals surface area contributed by atoms with Crippen molar-refractivity contribution < 1.29 is 19.4 Å². The first-order valence-corrected chi connectivity index (χ1v) is 6.75. The average Bonchev–Trinajstić information content (AvgIpc) is 2.86. The molecule has 0 atom stereocenters. The molecular formula is C13H10ClNO4S. The van der Waals surface area contributed by atoms with E-state index in [1.54, 1.807) is 17.5 Å². The summed E-state index contributed by atoms with van der Waals surface area (Å²) in [5.41, 5.74) is 0.00323. The predicted octanol–water partition coefficient (Wildman–Crippen LogP) is 3.36. The van der Waals surface area contributed by atoms with Crippen molar-refractivity contribution in [2.24, 2.45) is 0 Å². The van der Waals surface area contributed by atoms with E-state index < -0.39 is 11.9 Å². The first kappa shape index (κ1) is 14.4. The Morgan fingerprint density at radius 1 is 1.35 bits per heavy atom. The maximum absolute atomic E-state index is 12.1. The fourth-order valence-corrected chi connectivity index (χ4v) is 2.66. The van der Waals surface area contributed by atoms with Gasteiger partial charge in [0.25, 0.3) is 5.91 Å². The molecule has 1 amide bonds. The van der Waals surface area contributed by atoms with Gasteiger partial charge in [0.1, 0.15) is 16.2 Å².